The summed E-state index contributed by atoms with van der Waals surface area (Å²) in [6.45, 7) is 8.84. The van der Waals surface area contributed by atoms with Crippen LogP contribution in [0.1, 0.15) is 20.3 Å². The zero-order valence-electron chi connectivity index (χ0n) is 11.2. The lowest BCUT2D eigenvalue weighted by Gasteiger charge is -2.34. The minimum atomic E-state index is 0.751. The Balaban J connectivity index is 1.73. The summed E-state index contributed by atoms with van der Waals surface area (Å²) in [5.41, 5.74) is 0. The molecule has 2 rings (SSSR count). The predicted octanol–water partition coefficient (Wildman–Crippen LogP) is 3.70. The summed E-state index contributed by atoms with van der Waals surface area (Å²) in [5, 5.41) is 0.751. The van der Waals surface area contributed by atoms with Crippen LogP contribution in [0.4, 0.5) is 0 Å². The van der Waals surface area contributed by atoms with Gasteiger partial charge in [0, 0.05) is 24.7 Å². The number of ether oxygens (including phenoxy) is 1. The first-order valence-electron chi connectivity index (χ1n) is 6.74. The van der Waals surface area contributed by atoms with E-state index < -0.39 is 0 Å². The van der Waals surface area contributed by atoms with Crippen molar-refractivity contribution in [2.24, 2.45) is 11.8 Å². The average molecular weight is 268 g/mol. The zero-order valence-corrected chi connectivity index (χ0v) is 12.0. The van der Waals surface area contributed by atoms with Crippen molar-refractivity contribution < 1.29 is 4.74 Å². The minimum absolute atomic E-state index is 0.751. The van der Waals surface area contributed by atoms with Crippen molar-refractivity contribution in [1.82, 2.24) is 4.90 Å². The van der Waals surface area contributed by atoms with Gasteiger partial charge in [-0.05, 0) is 42.5 Å². The Labute approximate surface area is 115 Å². The summed E-state index contributed by atoms with van der Waals surface area (Å²) in [5.74, 6) is 2.52. The summed E-state index contributed by atoms with van der Waals surface area (Å²) in [6.07, 6.45) is 1.36. The van der Waals surface area contributed by atoms with Gasteiger partial charge >= 0.3 is 0 Å². The fourth-order valence-electron chi connectivity index (χ4n) is 2.80. The molecule has 0 N–H and O–H groups in total. The summed E-state index contributed by atoms with van der Waals surface area (Å²) in [7, 11) is 0. The van der Waals surface area contributed by atoms with Crippen molar-refractivity contribution in [3.63, 3.8) is 0 Å². The monoisotopic (exact) mass is 267 g/mol. The highest BCUT2D eigenvalue weighted by Gasteiger charge is 2.21. The Morgan fingerprint density at radius 2 is 1.78 bits per heavy atom. The Bertz CT molecular complexity index is 355. The molecule has 0 amide bonds. The number of likely N-dealkylation sites (tertiary alicyclic amines) is 1. The smallest absolute Gasteiger partial charge is 0.119 e. The second kappa shape index (κ2) is 6.44. The molecule has 1 heterocycles. The topological polar surface area (TPSA) is 12.5 Å². The molecular formula is C15H22ClNO. The van der Waals surface area contributed by atoms with Crippen LogP contribution in [0.15, 0.2) is 24.3 Å². The molecule has 1 aliphatic heterocycles. The largest absolute Gasteiger partial charge is 0.492 e. The van der Waals surface area contributed by atoms with Gasteiger partial charge in [0.25, 0.3) is 0 Å². The van der Waals surface area contributed by atoms with E-state index in [-0.39, 0.29) is 0 Å². The molecule has 0 bridgehead atoms. The fourth-order valence-corrected chi connectivity index (χ4v) is 2.92. The average Bonchev–Trinajstić information content (AvgIpc) is 2.30. The summed E-state index contributed by atoms with van der Waals surface area (Å²) in [4.78, 5) is 2.51. The molecule has 2 nitrogen and oxygen atoms in total. The van der Waals surface area contributed by atoms with Crippen molar-refractivity contribution in [3.8, 4) is 5.75 Å². The molecule has 0 radical (unpaired) electrons. The van der Waals surface area contributed by atoms with Gasteiger partial charge in [0.05, 0.1) is 0 Å². The molecule has 100 valence electrons. The molecule has 1 fully saturated rings. The van der Waals surface area contributed by atoms with E-state index in [1.54, 1.807) is 0 Å². The van der Waals surface area contributed by atoms with Crippen molar-refractivity contribution in [2.75, 3.05) is 26.2 Å². The van der Waals surface area contributed by atoms with Gasteiger partial charge in [0.1, 0.15) is 12.4 Å². The van der Waals surface area contributed by atoms with Gasteiger partial charge in [0.2, 0.25) is 0 Å². The molecule has 0 unspecified atom stereocenters. The van der Waals surface area contributed by atoms with E-state index in [4.69, 9.17) is 16.3 Å². The van der Waals surface area contributed by atoms with Crippen LogP contribution in [-0.4, -0.2) is 31.1 Å². The van der Waals surface area contributed by atoms with Gasteiger partial charge < -0.3 is 4.74 Å². The van der Waals surface area contributed by atoms with Gasteiger partial charge in [-0.3, -0.25) is 4.90 Å². The molecule has 1 aliphatic rings. The van der Waals surface area contributed by atoms with E-state index in [9.17, 15) is 0 Å². The van der Waals surface area contributed by atoms with E-state index in [0.717, 1.165) is 35.8 Å². The molecule has 0 aliphatic carbocycles. The van der Waals surface area contributed by atoms with Crippen molar-refractivity contribution in [2.45, 2.75) is 20.3 Å². The Morgan fingerprint density at radius 1 is 1.17 bits per heavy atom. The molecule has 0 saturated carbocycles. The number of hydrogen-bond donors (Lipinski definition) is 0. The number of hydrogen-bond acceptors (Lipinski definition) is 2. The Hall–Kier alpha value is -0.730. The number of halogens is 1. The molecule has 18 heavy (non-hydrogen) atoms. The maximum atomic E-state index is 5.84. The van der Waals surface area contributed by atoms with Gasteiger partial charge in [-0.2, -0.15) is 0 Å². The summed E-state index contributed by atoms with van der Waals surface area (Å²) >= 11 is 5.84. The SMILES string of the molecule is C[C@@H]1C[C@H](C)CN(CCOc2ccc(Cl)cc2)C1. The van der Waals surface area contributed by atoms with Gasteiger partial charge in [0.15, 0.2) is 0 Å². The van der Waals surface area contributed by atoms with E-state index >= 15 is 0 Å². The third-order valence-corrected chi connectivity index (χ3v) is 3.69. The normalized spacial score (nSPS) is 25.1. The molecule has 1 aromatic carbocycles. The number of rotatable bonds is 4. The fraction of sp³-hybridized carbons (Fsp3) is 0.600. The van der Waals surface area contributed by atoms with Crippen LogP contribution in [0.2, 0.25) is 5.02 Å². The van der Waals surface area contributed by atoms with Crippen LogP contribution >= 0.6 is 11.6 Å². The highest BCUT2D eigenvalue weighted by molar-refractivity contribution is 6.30. The van der Waals surface area contributed by atoms with E-state index in [1.165, 1.54) is 19.5 Å². The molecule has 1 aromatic rings. The highest BCUT2D eigenvalue weighted by atomic mass is 35.5. The van der Waals surface area contributed by atoms with E-state index in [2.05, 4.69) is 18.7 Å². The second-order valence-corrected chi connectivity index (χ2v) is 5.94. The van der Waals surface area contributed by atoms with Gasteiger partial charge in [-0.25, -0.2) is 0 Å². The minimum Gasteiger partial charge on any atom is -0.492 e. The van der Waals surface area contributed by atoms with Crippen molar-refractivity contribution in [3.05, 3.63) is 29.3 Å². The maximum absolute atomic E-state index is 5.84. The number of nitrogens with zero attached hydrogens (tertiary/aromatic N) is 1. The quantitative estimate of drug-likeness (QED) is 0.825. The predicted molar refractivity (Wildman–Crippen MR) is 76.3 cm³/mol. The van der Waals surface area contributed by atoms with Crippen LogP contribution in [-0.2, 0) is 0 Å². The standard InChI is InChI=1S/C15H22ClNO/c1-12-9-13(2)11-17(10-12)7-8-18-15-5-3-14(16)4-6-15/h3-6,12-13H,7-11H2,1-2H3/t12-,13+. The molecular weight excluding hydrogens is 246 g/mol. The molecule has 0 spiro atoms. The van der Waals surface area contributed by atoms with Crippen LogP contribution in [0, 0.1) is 11.8 Å². The van der Waals surface area contributed by atoms with E-state index in [1.807, 2.05) is 24.3 Å². The van der Waals surface area contributed by atoms with Gasteiger partial charge in [-0.15, -0.1) is 0 Å². The third kappa shape index (κ3) is 4.18. The van der Waals surface area contributed by atoms with Crippen molar-refractivity contribution >= 4 is 11.6 Å². The molecule has 2 atom stereocenters. The second-order valence-electron chi connectivity index (χ2n) is 5.51. The van der Waals surface area contributed by atoms with Crippen LogP contribution in [0.5, 0.6) is 5.75 Å². The third-order valence-electron chi connectivity index (χ3n) is 3.43. The first-order valence-corrected chi connectivity index (χ1v) is 7.12. The van der Waals surface area contributed by atoms with E-state index in [0.29, 0.717) is 0 Å². The van der Waals surface area contributed by atoms with Crippen LogP contribution < -0.4 is 4.74 Å². The number of benzene rings is 1. The first kappa shape index (κ1) is 13.7. The first-order chi connectivity index (χ1) is 8.63. The lowest BCUT2D eigenvalue weighted by Crippen LogP contribution is -2.40. The van der Waals surface area contributed by atoms with Crippen molar-refractivity contribution in [1.29, 1.82) is 0 Å². The summed E-state index contributed by atoms with van der Waals surface area (Å²) < 4.78 is 5.73. The van der Waals surface area contributed by atoms with Crippen LogP contribution in [0.25, 0.3) is 0 Å². The Morgan fingerprint density at radius 3 is 2.39 bits per heavy atom. The van der Waals surface area contributed by atoms with Crippen LogP contribution in [0.3, 0.4) is 0 Å². The Kier molecular flexibility index (Phi) is 4.90. The summed E-state index contributed by atoms with van der Waals surface area (Å²) in [6, 6.07) is 7.57. The van der Waals surface area contributed by atoms with Gasteiger partial charge in [-0.1, -0.05) is 25.4 Å². The zero-order chi connectivity index (χ0) is 13.0. The highest BCUT2D eigenvalue weighted by Crippen LogP contribution is 2.21. The lowest BCUT2D eigenvalue weighted by molar-refractivity contribution is 0.120. The lowest BCUT2D eigenvalue weighted by atomic mass is 9.92. The molecule has 3 heteroatoms. The number of piperidine rings is 1. The molecule has 0 aromatic heterocycles. The maximum Gasteiger partial charge on any atom is 0.119 e. The molecule has 1 saturated heterocycles.